The second-order valence-corrected chi connectivity index (χ2v) is 5.73. The highest BCUT2D eigenvalue weighted by Gasteiger charge is 2.24. The van der Waals surface area contributed by atoms with Crippen LogP contribution in [0, 0.1) is 6.92 Å². The number of methoxy groups -OCH3 is 2. The third-order valence-corrected chi connectivity index (χ3v) is 4.08. The van der Waals surface area contributed by atoms with Crippen molar-refractivity contribution in [3.8, 4) is 17.2 Å². The lowest BCUT2D eigenvalue weighted by molar-refractivity contribution is -0.118. The number of anilines is 1. The zero-order chi connectivity index (χ0) is 17.1. The lowest BCUT2D eigenvalue weighted by atomic mass is 10.1. The molecule has 2 aromatic rings. The van der Waals surface area contributed by atoms with E-state index in [1.165, 1.54) is 0 Å². The molecule has 0 bridgehead atoms. The van der Waals surface area contributed by atoms with Crippen LogP contribution in [0.4, 0.5) is 5.69 Å². The first-order valence-electron chi connectivity index (χ1n) is 7.87. The molecule has 0 atom stereocenters. The van der Waals surface area contributed by atoms with Gasteiger partial charge in [0.1, 0.15) is 12.4 Å². The van der Waals surface area contributed by atoms with Crippen LogP contribution in [-0.2, 0) is 11.2 Å². The molecule has 5 nitrogen and oxygen atoms in total. The fraction of sp³-hybridized carbons (Fsp3) is 0.316. The van der Waals surface area contributed by atoms with Gasteiger partial charge in [-0.05, 0) is 42.3 Å². The Morgan fingerprint density at radius 2 is 1.92 bits per heavy atom. The monoisotopic (exact) mass is 327 g/mol. The van der Waals surface area contributed by atoms with Crippen molar-refractivity contribution in [3.05, 3.63) is 47.5 Å². The molecule has 0 unspecified atom stereocenters. The largest absolute Gasteiger partial charge is 0.493 e. The molecule has 1 heterocycles. The topological polar surface area (TPSA) is 48.0 Å². The molecule has 0 saturated carbocycles. The molecule has 1 aliphatic rings. The highest BCUT2D eigenvalue weighted by atomic mass is 16.5. The van der Waals surface area contributed by atoms with Crippen LogP contribution >= 0.6 is 0 Å². The van der Waals surface area contributed by atoms with Gasteiger partial charge in [-0.25, -0.2) is 0 Å². The van der Waals surface area contributed by atoms with E-state index < -0.39 is 0 Å². The van der Waals surface area contributed by atoms with Gasteiger partial charge in [0.05, 0.1) is 32.9 Å². The average molecular weight is 327 g/mol. The Morgan fingerprint density at radius 3 is 2.67 bits per heavy atom. The van der Waals surface area contributed by atoms with Crippen molar-refractivity contribution in [1.29, 1.82) is 0 Å². The van der Waals surface area contributed by atoms with E-state index in [0.29, 0.717) is 31.1 Å². The summed E-state index contributed by atoms with van der Waals surface area (Å²) in [6, 6.07) is 11.4. The summed E-state index contributed by atoms with van der Waals surface area (Å²) in [5.41, 5.74) is 2.83. The average Bonchev–Trinajstić information content (AvgIpc) is 2.60. The molecule has 1 amide bonds. The highest BCUT2D eigenvalue weighted by molar-refractivity contribution is 5.96. The first kappa shape index (κ1) is 16.2. The molecule has 0 radical (unpaired) electrons. The summed E-state index contributed by atoms with van der Waals surface area (Å²) in [5, 5.41) is 0. The zero-order valence-corrected chi connectivity index (χ0v) is 14.2. The summed E-state index contributed by atoms with van der Waals surface area (Å²) in [4.78, 5) is 14.6. The van der Waals surface area contributed by atoms with Crippen molar-refractivity contribution in [2.45, 2.75) is 13.3 Å². The van der Waals surface area contributed by atoms with E-state index >= 15 is 0 Å². The Bertz CT molecular complexity index is 757. The molecule has 1 aliphatic heterocycles. The van der Waals surface area contributed by atoms with Gasteiger partial charge in [0, 0.05) is 0 Å². The third-order valence-electron chi connectivity index (χ3n) is 4.08. The summed E-state index contributed by atoms with van der Waals surface area (Å²) in [7, 11) is 3.18. The van der Waals surface area contributed by atoms with Gasteiger partial charge in [0.2, 0.25) is 5.91 Å². The number of nitrogens with zero attached hydrogens (tertiary/aromatic N) is 1. The minimum atomic E-state index is 0.0392. The molecule has 0 N–H and O–H groups in total. The SMILES string of the molecule is COc1ccc(CC(=O)N2CCOc3ccc(C)cc32)cc1OC. The number of carbonyl (C=O) groups is 1. The lowest BCUT2D eigenvalue weighted by Crippen LogP contribution is -2.38. The van der Waals surface area contributed by atoms with Crippen LogP contribution in [0.25, 0.3) is 0 Å². The zero-order valence-electron chi connectivity index (χ0n) is 14.2. The Hall–Kier alpha value is -2.69. The van der Waals surface area contributed by atoms with Gasteiger partial charge < -0.3 is 19.1 Å². The number of rotatable bonds is 4. The van der Waals surface area contributed by atoms with Gasteiger partial charge in [0.15, 0.2) is 11.5 Å². The third kappa shape index (κ3) is 3.15. The van der Waals surface area contributed by atoms with E-state index in [-0.39, 0.29) is 5.91 Å². The Labute approximate surface area is 141 Å². The number of hydrogen-bond donors (Lipinski definition) is 0. The fourth-order valence-electron chi connectivity index (χ4n) is 2.85. The minimum absolute atomic E-state index is 0.0392. The van der Waals surface area contributed by atoms with Crippen molar-refractivity contribution in [2.24, 2.45) is 0 Å². The molecule has 0 saturated heterocycles. The van der Waals surface area contributed by atoms with Crippen LogP contribution in [0.2, 0.25) is 0 Å². The number of ether oxygens (including phenoxy) is 3. The molecule has 24 heavy (non-hydrogen) atoms. The second-order valence-electron chi connectivity index (χ2n) is 5.73. The van der Waals surface area contributed by atoms with Gasteiger partial charge in [-0.15, -0.1) is 0 Å². The Morgan fingerprint density at radius 1 is 1.12 bits per heavy atom. The predicted octanol–water partition coefficient (Wildman–Crippen LogP) is 2.98. The van der Waals surface area contributed by atoms with Crippen molar-refractivity contribution in [1.82, 2.24) is 0 Å². The van der Waals surface area contributed by atoms with Crippen LogP contribution in [0.3, 0.4) is 0 Å². The summed E-state index contributed by atoms with van der Waals surface area (Å²) in [6.07, 6.45) is 0.299. The normalized spacial score (nSPS) is 13.0. The number of hydrogen-bond acceptors (Lipinski definition) is 4. The van der Waals surface area contributed by atoms with E-state index in [2.05, 4.69) is 0 Å². The molecular formula is C19H21NO4. The number of aryl methyl sites for hydroxylation is 1. The maximum atomic E-state index is 12.8. The van der Waals surface area contributed by atoms with Crippen LogP contribution in [-0.4, -0.2) is 33.3 Å². The Balaban J connectivity index is 1.83. The van der Waals surface area contributed by atoms with Crippen molar-refractivity contribution in [2.75, 3.05) is 32.3 Å². The van der Waals surface area contributed by atoms with E-state index in [1.54, 1.807) is 19.1 Å². The van der Waals surface area contributed by atoms with Gasteiger partial charge in [0.25, 0.3) is 0 Å². The van der Waals surface area contributed by atoms with E-state index in [0.717, 1.165) is 22.6 Å². The number of carbonyl (C=O) groups excluding carboxylic acids is 1. The molecular weight excluding hydrogens is 306 g/mol. The maximum absolute atomic E-state index is 12.8. The first-order chi connectivity index (χ1) is 11.6. The second kappa shape index (κ2) is 6.83. The molecule has 0 fully saturated rings. The van der Waals surface area contributed by atoms with Crippen LogP contribution in [0.1, 0.15) is 11.1 Å². The minimum Gasteiger partial charge on any atom is -0.493 e. The number of benzene rings is 2. The van der Waals surface area contributed by atoms with Crippen molar-refractivity contribution < 1.29 is 19.0 Å². The molecule has 0 spiro atoms. The molecule has 3 rings (SSSR count). The van der Waals surface area contributed by atoms with Gasteiger partial charge in [-0.1, -0.05) is 12.1 Å². The van der Waals surface area contributed by atoms with Crippen molar-refractivity contribution >= 4 is 11.6 Å². The molecule has 0 aromatic heterocycles. The van der Waals surface area contributed by atoms with Crippen LogP contribution in [0.15, 0.2) is 36.4 Å². The maximum Gasteiger partial charge on any atom is 0.231 e. The van der Waals surface area contributed by atoms with Gasteiger partial charge in [-0.2, -0.15) is 0 Å². The first-order valence-corrected chi connectivity index (χ1v) is 7.87. The predicted molar refractivity (Wildman–Crippen MR) is 92.3 cm³/mol. The lowest BCUT2D eigenvalue weighted by Gasteiger charge is -2.30. The molecule has 0 aliphatic carbocycles. The van der Waals surface area contributed by atoms with E-state index in [9.17, 15) is 4.79 Å². The smallest absolute Gasteiger partial charge is 0.231 e. The standard InChI is InChI=1S/C19H21NO4/c1-13-4-6-16-15(10-13)20(8-9-24-16)19(21)12-14-5-7-17(22-2)18(11-14)23-3/h4-7,10-11H,8-9,12H2,1-3H3. The molecule has 126 valence electrons. The van der Waals surface area contributed by atoms with Crippen LogP contribution < -0.4 is 19.1 Å². The number of amides is 1. The van der Waals surface area contributed by atoms with E-state index in [4.69, 9.17) is 14.2 Å². The Kier molecular flexibility index (Phi) is 4.60. The number of fused-ring (bicyclic) bond motifs is 1. The summed E-state index contributed by atoms with van der Waals surface area (Å²) >= 11 is 0. The quantitative estimate of drug-likeness (QED) is 0.866. The van der Waals surface area contributed by atoms with E-state index in [1.807, 2.05) is 43.3 Å². The van der Waals surface area contributed by atoms with Crippen molar-refractivity contribution in [3.63, 3.8) is 0 Å². The molecule has 5 heteroatoms. The highest BCUT2D eigenvalue weighted by Crippen LogP contribution is 2.33. The summed E-state index contributed by atoms with van der Waals surface area (Å²) in [6.45, 7) is 3.07. The fourth-order valence-corrected chi connectivity index (χ4v) is 2.85. The molecule has 2 aromatic carbocycles. The summed E-state index contributed by atoms with van der Waals surface area (Å²) < 4.78 is 16.2. The van der Waals surface area contributed by atoms with Gasteiger partial charge >= 0.3 is 0 Å². The van der Waals surface area contributed by atoms with Crippen LogP contribution in [0.5, 0.6) is 17.2 Å². The summed E-state index contributed by atoms with van der Waals surface area (Å²) in [5.74, 6) is 2.08. The van der Waals surface area contributed by atoms with Gasteiger partial charge in [-0.3, -0.25) is 4.79 Å².